The second-order valence-corrected chi connectivity index (χ2v) is 9.23. The van der Waals surface area contributed by atoms with Crippen molar-refractivity contribution < 1.29 is 31.5 Å². The molecule has 1 aliphatic carbocycles. The zero-order valence-electron chi connectivity index (χ0n) is 17.0. The molecule has 0 radical (unpaired) electrons. The molecule has 1 aliphatic rings. The van der Waals surface area contributed by atoms with E-state index in [0.717, 1.165) is 18.2 Å². The maximum absolute atomic E-state index is 13.2. The Labute approximate surface area is 178 Å². The van der Waals surface area contributed by atoms with E-state index in [4.69, 9.17) is 0 Å². The molecule has 0 bridgehead atoms. The summed E-state index contributed by atoms with van der Waals surface area (Å²) in [7, 11) is -3.81. The van der Waals surface area contributed by atoms with Crippen LogP contribution in [0.5, 0.6) is 5.75 Å². The first-order chi connectivity index (χ1) is 14.5. The van der Waals surface area contributed by atoms with Crippen LogP contribution < -0.4 is 5.32 Å². The number of nitrogens with zero attached hydrogens (tertiary/aromatic N) is 1. The van der Waals surface area contributed by atoms with E-state index in [1.807, 2.05) is 0 Å². The molecular weight excluding hydrogens is 433 g/mol. The lowest BCUT2D eigenvalue weighted by molar-refractivity contribution is -0.138. The minimum Gasteiger partial charge on any atom is -0.506 e. The van der Waals surface area contributed by atoms with Gasteiger partial charge in [0.2, 0.25) is 15.9 Å². The lowest BCUT2D eigenvalue weighted by Crippen LogP contribution is -2.30. The Hall–Kier alpha value is -2.59. The Balaban J connectivity index is 1.80. The Kier molecular flexibility index (Phi) is 6.33. The van der Waals surface area contributed by atoms with Gasteiger partial charge in [-0.15, -0.1) is 0 Å². The fourth-order valence-corrected chi connectivity index (χ4v) is 5.11. The van der Waals surface area contributed by atoms with E-state index < -0.39 is 39.5 Å². The summed E-state index contributed by atoms with van der Waals surface area (Å²) in [5.41, 5.74) is -0.823. The molecule has 0 aromatic heterocycles. The number of halogens is 3. The van der Waals surface area contributed by atoms with Crippen LogP contribution in [0.4, 0.5) is 18.9 Å². The van der Waals surface area contributed by atoms with Crippen molar-refractivity contribution in [1.29, 1.82) is 0 Å². The minimum absolute atomic E-state index is 0.0530. The highest BCUT2D eigenvalue weighted by Gasteiger charge is 2.48. The predicted molar refractivity (Wildman–Crippen MR) is 109 cm³/mol. The molecule has 0 saturated heterocycles. The summed E-state index contributed by atoms with van der Waals surface area (Å²) >= 11 is 0. The Morgan fingerprint density at radius 3 is 2.42 bits per heavy atom. The van der Waals surface area contributed by atoms with Gasteiger partial charge in [0, 0.05) is 19.0 Å². The average molecular weight is 456 g/mol. The quantitative estimate of drug-likeness (QED) is 0.612. The number of benzene rings is 2. The largest absolute Gasteiger partial charge is 0.506 e. The first-order valence-corrected chi connectivity index (χ1v) is 11.2. The summed E-state index contributed by atoms with van der Waals surface area (Å²) < 4.78 is 66.3. The number of sulfonamides is 1. The number of hydrogen-bond donors (Lipinski definition) is 2. The zero-order valence-corrected chi connectivity index (χ0v) is 17.8. The van der Waals surface area contributed by atoms with E-state index in [1.165, 1.54) is 28.6 Å². The number of hydrogen-bond acceptors (Lipinski definition) is 4. The molecule has 31 heavy (non-hydrogen) atoms. The summed E-state index contributed by atoms with van der Waals surface area (Å²) in [6, 6.07) is 8.68. The van der Waals surface area contributed by atoms with Gasteiger partial charge in [-0.3, -0.25) is 4.79 Å². The van der Waals surface area contributed by atoms with E-state index in [-0.39, 0.29) is 41.4 Å². The van der Waals surface area contributed by atoms with Gasteiger partial charge in [0.05, 0.1) is 16.1 Å². The molecule has 168 valence electrons. The van der Waals surface area contributed by atoms with Crippen molar-refractivity contribution in [3.8, 4) is 5.75 Å². The van der Waals surface area contributed by atoms with Gasteiger partial charge < -0.3 is 10.4 Å². The van der Waals surface area contributed by atoms with Crippen LogP contribution in [-0.2, 0) is 21.0 Å². The number of phenolic OH excluding ortho intramolecular Hbond substituents is 1. The minimum atomic E-state index is -4.52. The molecule has 2 aromatic rings. The second kappa shape index (κ2) is 8.51. The molecule has 0 aliphatic heterocycles. The number of carbonyl (C=O) groups excluding carboxylic acids is 1. The molecule has 1 saturated carbocycles. The number of rotatable bonds is 7. The van der Waals surface area contributed by atoms with Crippen molar-refractivity contribution >= 4 is 21.6 Å². The number of amides is 1. The molecule has 2 N–H and O–H groups in total. The predicted octanol–water partition coefficient (Wildman–Crippen LogP) is 4.18. The fourth-order valence-electron chi connectivity index (χ4n) is 3.62. The van der Waals surface area contributed by atoms with Crippen molar-refractivity contribution in [2.45, 2.75) is 37.3 Å². The van der Waals surface area contributed by atoms with E-state index >= 15 is 0 Å². The summed E-state index contributed by atoms with van der Waals surface area (Å²) in [5, 5.41) is 12.5. The lowest BCUT2D eigenvalue weighted by atomic mass is 10.0. The first kappa shape index (κ1) is 23.1. The van der Waals surface area contributed by atoms with Crippen molar-refractivity contribution in [3.05, 3.63) is 53.6 Å². The highest BCUT2D eigenvalue weighted by molar-refractivity contribution is 7.89. The standard InChI is InChI=1S/C21H23F3N2O4S/c1-3-26(4-2)31(29,30)13-9-10-19(27)18(11-13)25-20(28)16-12-15(16)14-7-5-6-8-17(14)21(22,23)24/h5-11,15-16,27H,3-4,12H2,1-2H3,(H,25,28). The van der Waals surface area contributed by atoms with Gasteiger partial charge in [-0.25, -0.2) is 8.42 Å². The van der Waals surface area contributed by atoms with Crippen LogP contribution in [-0.4, -0.2) is 36.8 Å². The topological polar surface area (TPSA) is 86.7 Å². The van der Waals surface area contributed by atoms with Crippen LogP contribution in [0.15, 0.2) is 47.4 Å². The smallest absolute Gasteiger partial charge is 0.416 e. The van der Waals surface area contributed by atoms with Gasteiger partial charge in [0.15, 0.2) is 0 Å². The fraction of sp³-hybridized carbons (Fsp3) is 0.381. The summed E-state index contributed by atoms with van der Waals surface area (Å²) in [6.45, 7) is 3.89. The number of anilines is 1. The van der Waals surface area contributed by atoms with E-state index in [2.05, 4.69) is 5.32 Å². The highest BCUT2D eigenvalue weighted by atomic mass is 32.2. The third-order valence-electron chi connectivity index (χ3n) is 5.36. The number of phenols is 1. The maximum Gasteiger partial charge on any atom is 0.416 e. The monoisotopic (exact) mass is 456 g/mol. The summed E-state index contributed by atoms with van der Waals surface area (Å²) in [4.78, 5) is 12.5. The molecule has 2 atom stereocenters. The molecule has 6 nitrogen and oxygen atoms in total. The van der Waals surface area contributed by atoms with Gasteiger partial charge in [0.25, 0.3) is 0 Å². The van der Waals surface area contributed by atoms with E-state index in [0.29, 0.717) is 0 Å². The molecule has 3 rings (SSSR count). The van der Waals surface area contributed by atoms with Crippen molar-refractivity contribution in [1.82, 2.24) is 4.31 Å². The van der Waals surface area contributed by atoms with Crippen molar-refractivity contribution in [3.63, 3.8) is 0 Å². The van der Waals surface area contributed by atoms with Gasteiger partial charge in [0.1, 0.15) is 5.75 Å². The number of alkyl halides is 3. The molecule has 10 heteroatoms. The normalized spacial score (nSPS) is 18.8. The van der Waals surface area contributed by atoms with Gasteiger partial charge in [-0.05, 0) is 42.2 Å². The van der Waals surface area contributed by atoms with Crippen LogP contribution in [0, 0.1) is 5.92 Å². The third kappa shape index (κ3) is 4.69. The molecule has 1 amide bonds. The Morgan fingerprint density at radius 1 is 1.16 bits per heavy atom. The highest BCUT2D eigenvalue weighted by Crippen LogP contribution is 2.51. The number of nitrogens with one attached hydrogen (secondary N) is 1. The molecule has 1 fully saturated rings. The Morgan fingerprint density at radius 2 is 1.81 bits per heavy atom. The second-order valence-electron chi connectivity index (χ2n) is 7.29. The zero-order chi connectivity index (χ0) is 23.0. The molecular formula is C21H23F3N2O4S. The van der Waals surface area contributed by atoms with Crippen LogP contribution in [0.3, 0.4) is 0 Å². The number of carbonyl (C=O) groups is 1. The molecule has 2 unspecified atom stereocenters. The van der Waals surface area contributed by atoms with Crippen LogP contribution >= 0.6 is 0 Å². The Bertz CT molecular complexity index is 1080. The van der Waals surface area contributed by atoms with Gasteiger partial charge >= 0.3 is 6.18 Å². The van der Waals surface area contributed by atoms with Gasteiger partial charge in [-0.2, -0.15) is 17.5 Å². The van der Waals surface area contributed by atoms with Gasteiger partial charge in [-0.1, -0.05) is 32.0 Å². The molecule has 2 aromatic carbocycles. The van der Waals surface area contributed by atoms with E-state index in [1.54, 1.807) is 13.8 Å². The third-order valence-corrected chi connectivity index (χ3v) is 7.41. The van der Waals surface area contributed by atoms with Crippen LogP contribution in [0.2, 0.25) is 0 Å². The lowest BCUT2D eigenvalue weighted by Gasteiger charge is -2.19. The first-order valence-electron chi connectivity index (χ1n) is 9.80. The van der Waals surface area contributed by atoms with Crippen molar-refractivity contribution in [2.24, 2.45) is 5.92 Å². The maximum atomic E-state index is 13.2. The SMILES string of the molecule is CCN(CC)S(=O)(=O)c1ccc(O)c(NC(=O)C2CC2c2ccccc2C(F)(F)F)c1. The molecule has 0 spiro atoms. The van der Waals surface area contributed by atoms with Crippen LogP contribution in [0.1, 0.15) is 37.3 Å². The molecule has 0 heterocycles. The summed E-state index contributed by atoms with van der Waals surface area (Å²) in [5.74, 6) is -2.21. The number of aromatic hydroxyl groups is 1. The van der Waals surface area contributed by atoms with Crippen LogP contribution in [0.25, 0.3) is 0 Å². The summed E-state index contributed by atoms with van der Waals surface area (Å²) in [6.07, 6.45) is -4.29. The van der Waals surface area contributed by atoms with Crippen molar-refractivity contribution in [2.75, 3.05) is 18.4 Å². The average Bonchev–Trinajstić information content (AvgIpc) is 3.50. The van der Waals surface area contributed by atoms with E-state index in [9.17, 15) is 31.5 Å².